The van der Waals surface area contributed by atoms with E-state index < -0.39 is 21.7 Å². The van der Waals surface area contributed by atoms with Gasteiger partial charge >= 0.3 is 5.97 Å². The van der Waals surface area contributed by atoms with Crippen molar-refractivity contribution in [3.63, 3.8) is 0 Å². The molecule has 2 aliphatic rings. The number of ether oxygens (including phenoxy) is 2. The summed E-state index contributed by atoms with van der Waals surface area (Å²) >= 11 is 6.77. The summed E-state index contributed by atoms with van der Waals surface area (Å²) in [7, 11) is -3.63. The fourth-order valence-electron chi connectivity index (χ4n) is 3.04. The first kappa shape index (κ1) is 24.6. The number of esters is 1. The number of amidine groups is 2. The quantitative estimate of drug-likeness (QED) is 0.350. The molecule has 0 bridgehead atoms. The lowest BCUT2D eigenvalue weighted by atomic mass is 10.1. The summed E-state index contributed by atoms with van der Waals surface area (Å²) in [4.78, 5) is 29.0. The molecule has 0 fully saturated rings. The lowest BCUT2D eigenvalue weighted by Gasteiger charge is -2.20. The first-order valence-corrected chi connectivity index (χ1v) is 13.1. The van der Waals surface area contributed by atoms with Gasteiger partial charge in [0.25, 0.3) is 5.91 Å². The molecule has 0 aliphatic carbocycles. The van der Waals surface area contributed by atoms with Gasteiger partial charge in [0.15, 0.2) is 17.3 Å². The second-order valence-electron chi connectivity index (χ2n) is 7.17. The predicted octanol–water partition coefficient (Wildman–Crippen LogP) is 3.58. The Bertz CT molecular complexity index is 1470. The van der Waals surface area contributed by atoms with Crippen molar-refractivity contribution in [2.45, 2.75) is 6.92 Å². The van der Waals surface area contributed by atoms with E-state index in [9.17, 15) is 18.0 Å². The van der Waals surface area contributed by atoms with Crippen molar-refractivity contribution in [1.29, 1.82) is 5.41 Å². The van der Waals surface area contributed by atoms with Gasteiger partial charge < -0.3 is 9.47 Å². The monoisotopic (exact) mass is 532 g/mol. The van der Waals surface area contributed by atoms with E-state index in [1.54, 1.807) is 31.2 Å². The average Bonchev–Trinajstić information content (AvgIpc) is 3.23. The molecule has 2 heterocycles. The number of hydrazone groups is 1. The molecule has 1 N–H and O–H groups in total. The number of amides is 1. The van der Waals surface area contributed by atoms with Gasteiger partial charge in [0.2, 0.25) is 19.4 Å². The molecule has 10 nitrogen and oxygen atoms in total. The molecule has 0 saturated heterocycles. The van der Waals surface area contributed by atoms with Crippen molar-refractivity contribution in [1.82, 2.24) is 5.01 Å². The van der Waals surface area contributed by atoms with Crippen molar-refractivity contribution in [3.05, 3.63) is 64.2 Å². The van der Waals surface area contributed by atoms with Gasteiger partial charge in [-0.15, -0.1) is 5.10 Å². The minimum Gasteiger partial charge on any atom is -0.490 e. The SMILES string of the molecule is CCOc1cc(/C=C2/C(=N)N3N=C(S(C)(=O)=O)SC3=NC2=O)ccc1OC(=O)c1ccccc1Cl. The van der Waals surface area contributed by atoms with Crippen LogP contribution < -0.4 is 9.47 Å². The third kappa shape index (κ3) is 5.14. The van der Waals surface area contributed by atoms with Crippen molar-refractivity contribution >= 4 is 66.5 Å². The first-order valence-electron chi connectivity index (χ1n) is 10.0. The van der Waals surface area contributed by atoms with E-state index in [-0.39, 0.29) is 49.6 Å². The summed E-state index contributed by atoms with van der Waals surface area (Å²) in [6, 6.07) is 11.1. The van der Waals surface area contributed by atoms with E-state index in [1.807, 2.05) is 0 Å². The lowest BCUT2D eigenvalue weighted by molar-refractivity contribution is -0.114. The Balaban J connectivity index is 1.64. The molecular weight excluding hydrogens is 516 g/mol. The molecule has 0 atom stereocenters. The molecule has 0 unspecified atom stereocenters. The Morgan fingerprint density at radius 1 is 1.23 bits per heavy atom. The fraction of sp³-hybridized carbons (Fsp3) is 0.136. The zero-order valence-corrected chi connectivity index (χ0v) is 20.7. The number of carbonyl (C=O) groups excluding carboxylic acids is 2. The normalized spacial score (nSPS) is 16.7. The third-order valence-corrected chi connectivity index (χ3v) is 7.54. The Morgan fingerprint density at radius 2 is 1.97 bits per heavy atom. The molecule has 2 aliphatic heterocycles. The molecule has 2 aromatic carbocycles. The molecule has 0 saturated carbocycles. The van der Waals surface area contributed by atoms with Crippen LogP contribution in [0.3, 0.4) is 0 Å². The summed E-state index contributed by atoms with van der Waals surface area (Å²) in [5.41, 5.74) is 0.545. The van der Waals surface area contributed by atoms with E-state index in [4.69, 9.17) is 26.5 Å². The molecule has 0 aromatic heterocycles. The van der Waals surface area contributed by atoms with Gasteiger partial charge in [0.05, 0.1) is 22.8 Å². The zero-order valence-electron chi connectivity index (χ0n) is 18.3. The number of nitrogens with one attached hydrogen (secondary N) is 1. The Morgan fingerprint density at radius 3 is 2.66 bits per heavy atom. The number of nitrogens with zero attached hydrogens (tertiary/aromatic N) is 3. The van der Waals surface area contributed by atoms with Gasteiger partial charge in [-0.2, -0.15) is 10.0 Å². The van der Waals surface area contributed by atoms with Crippen molar-refractivity contribution in [3.8, 4) is 11.5 Å². The summed E-state index contributed by atoms with van der Waals surface area (Å²) in [6.45, 7) is 2.02. The number of sulfone groups is 1. The fourth-order valence-corrected chi connectivity index (χ4v) is 4.94. The second kappa shape index (κ2) is 9.64. The number of hydrogen-bond acceptors (Lipinski definition) is 9. The minimum absolute atomic E-state index is 0.00517. The number of rotatable bonds is 5. The maximum atomic E-state index is 12.6. The van der Waals surface area contributed by atoms with Gasteiger partial charge in [-0.3, -0.25) is 10.2 Å². The van der Waals surface area contributed by atoms with E-state index in [0.717, 1.165) is 11.3 Å². The van der Waals surface area contributed by atoms with Crippen LogP contribution in [0.5, 0.6) is 11.5 Å². The highest BCUT2D eigenvalue weighted by Gasteiger charge is 2.38. The van der Waals surface area contributed by atoms with E-state index >= 15 is 0 Å². The average molecular weight is 533 g/mol. The van der Waals surface area contributed by atoms with Crippen LogP contribution in [0.25, 0.3) is 6.08 Å². The second-order valence-corrected chi connectivity index (χ2v) is 10.7. The summed E-state index contributed by atoms with van der Waals surface area (Å²) in [5, 5.41) is 13.5. The molecule has 2 aromatic rings. The molecule has 0 spiro atoms. The number of aliphatic imine (C=N–C) groups is 1. The van der Waals surface area contributed by atoms with Crippen LogP contribution in [-0.2, 0) is 14.6 Å². The van der Waals surface area contributed by atoms with E-state index in [0.29, 0.717) is 17.3 Å². The number of fused-ring (bicyclic) bond motifs is 1. The van der Waals surface area contributed by atoms with E-state index in [2.05, 4.69) is 10.1 Å². The molecule has 4 rings (SSSR count). The number of halogens is 1. The van der Waals surface area contributed by atoms with Crippen LogP contribution in [-0.4, -0.2) is 53.5 Å². The minimum atomic E-state index is -3.63. The summed E-state index contributed by atoms with van der Waals surface area (Å²) < 4.78 is 34.4. The van der Waals surface area contributed by atoms with Gasteiger partial charge in [-0.05, 0) is 54.6 Å². The van der Waals surface area contributed by atoms with Gasteiger partial charge in [0, 0.05) is 6.26 Å². The summed E-state index contributed by atoms with van der Waals surface area (Å²) in [6.07, 6.45) is 2.38. The van der Waals surface area contributed by atoms with Crippen LogP contribution >= 0.6 is 23.4 Å². The molecule has 180 valence electrons. The zero-order chi connectivity index (χ0) is 25.3. The van der Waals surface area contributed by atoms with Crippen molar-refractivity contribution in [2.75, 3.05) is 12.9 Å². The van der Waals surface area contributed by atoms with Crippen LogP contribution in [0, 0.1) is 5.41 Å². The molecule has 35 heavy (non-hydrogen) atoms. The van der Waals surface area contributed by atoms with Crippen molar-refractivity contribution in [2.24, 2.45) is 10.1 Å². The smallest absolute Gasteiger partial charge is 0.345 e. The van der Waals surface area contributed by atoms with Crippen LogP contribution in [0.15, 0.2) is 58.1 Å². The highest BCUT2D eigenvalue weighted by Crippen LogP contribution is 2.33. The maximum Gasteiger partial charge on any atom is 0.345 e. The predicted molar refractivity (Wildman–Crippen MR) is 134 cm³/mol. The highest BCUT2D eigenvalue weighted by molar-refractivity contribution is 8.42. The highest BCUT2D eigenvalue weighted by atomic mass is 35.5. The first-order chi connectivity index (χ1) is 16.6. The van der Waals surface area contributed by atoms with Crippen molar-refractivity contribution < 1.29 is 27.5 Å². The standard InChI is InChI=1S/C22H17ClN4O6S2/c1-3-32-17-11-12(8-9-16(17)33-20(29)13-6-4-5-7-15(13)23)10-14-18(24)27-21(25-19(14)28)34-22(26-27)35(2,30)31/h4-11,24H,3H2,1-2H3/b14-10-,24-18?. The third-order valence-electron chi connectivity index (χ3n) is 4.63. The van der Waals surface area contributed by atoms with Crippen LogP contribution in [0.2, 0.25) is 5.02 Å². The number of benzene rings is 2. The maximum absolute atomic E-state index is 12.6. The van der Waals surface area contributed by atoms with E-state index in [1.165, 1.54) is 24.3 Å². The Labute approximate surface area is 209 Å². The van der Waals surface area contributed by atoms with Crippen LogP contribution in [0.4, 0.5) is 0 Å². The van der Waals surface area contributed by atoms with Gasteiger partial charge in [-0.25, -0.2) is 13.2 Å². The van der Waals surface area contributed by atoms with Gasteiger partial charge in [-0.1, -0.05) is 29.8 Å². The molecule has 1 amide bonds. The lowest BCUT2D eigenvalue weighted by Crippen LogP contribution is -2.35. The largest absolute Gasteiger partial charge is 0.490 e. The Kier molecular flexibility index (Phi) is 6.79. The molecule has 0 radical (unpaired) electrons. The Hall–Kier alpha value is -3.48. The van der Waals surface area contributed by atoms with Crippen LogP contribution in [0.1, 0.15) is 22.8 Å². The number of hydrogen-bond donors (Lipinski definition) is 1. The summed E-state index contributed by atoms with van der Waals surface area (Å²) in [5.74, 6) is -1.33. The molecular formula is C22H17ClN4O6S2. The number of thioether (sulfide) groups is 1. The number of carbonyl (C=O) groups is 2. The van der Waals surface area contributed by atoms with Gasteiger partial charge in [0.1, 0.15) is 0 Å². The topological polar surface area (TPSA) is 139 Å². The molecule has 13 heteroatoms.